The number of hydrogen-bond donors (Lipinski definition) is 1. The van der Waals surface area contributed by atoms with E-state index < -0.39 is 10.0 Å². The maximum absolute atomic E-state index is 13.6. The van der Waals surface area contributed by atoms with Gasteiger partial charge in [0, 0.05) is 11.1 Å². The second-order valence-electron chi connectivity index (χ2n) is 8.11. The molecule has 3 rings (SSSR count). The summed E-state index contributed by atoms with van der Waals surface area (Å²) in [5.41, 5.74) is 2.25. The van der Waals surface area contributed by atoms with Crippen molar-refractivity contribution in [1.82, 2.24) is 5.32 Å². The summed E-state index contributed by atoms with van der Waals surface area (Å²) in [6.45, 7) is 5.84. The maximum Gasteiger partial charge on any atom is 0.264 e. The molecule has 3 aromatic carbocycles. The SMILES string of the molecule is CC[C@H](C)NC(=O)COc1ccc(N(Cc2ccc(Cl)cc2)S(=O)(=O)c2ccc(C)cc2)cc1. The molecule has 0 aliphatic rings. The fourth-order valence-corrected chi connectivity index (χ4v) is 4.76. The Hall–Kier alpha value is -3.03. The number of ether oxygens (including phenoxy) is 1. The van der Waals surface area contributed by atoms with Gasteiger partial charge in [-0.2, -0.15) is 0 Å². The molecule has 1 N–H and O–H groups in total. The van der Waals surface area contributed by atoms with E-state index in [1.165, 1.54) is 4.31 Å². The normalized spacial score (nSPS) is 12.1. The van der Waals surface area contributed by atoms with E-state index in [9.17, 15) is 13.2 Å². The van der Waals surface area contributed by atoms with Gasteiger partial charge >= 0.3 is 0 Å². The molecular formula is C26H29ClN2O4S. The van der Waals surface area contributed by atoms with E-state index >= 15 is 0 Å². The highest BCUT2D eigenvalue weighted by Crippen LogP contribution is 2.28. The van der Waals surface area contributed by atoms with E-state index in [0.717, 1.165) is 17.5 Å². The zero-order chi connectivity index (χ0) is 24.7. The fourth-order valence-electron chi connectivity index (χ4n) is 3.18. The standard InChI is InChI=1S/C26H29ClN2O4S/c1-4-20(3)28-26(30)18-33-24-13-11-23(12-14-24)29(17-21-7-9-22(27)10-8-21)34(31,32)25-15-5-19(2)6-16-25/h5-16,20H,4,17-18H2,1-3H3,(H,28,30)/t20-/m0/s1. The number of sulfonamides is 1. The van der Waals surface area contributed by atoms with Crippen LogP contribution in [0.3, 0.4) is 0 Å². The zero-order valence-electron chi connectivity index (χ0n) is 19.5. The topological polar surface area (TPSA) is 75.7 Å². The van der Waals surface area contributed by atoms with Crippen LogP contribution < -0.4 is 14.4 Å². The van der Waals surface area contributed by atoms with Crippen molar-refractivity contribution in [2.24, 2.45) is 0 Å². The van der Waals surface area contributed by atoms with Crippen LogP contribution in [-0.4, -0.2) is 27.0 Å². The first-order chi connectivity index (χ1) is 16.2. The number of nitrogens with one attached hydrogen (secondary N) is 1. The molecule has 0 saturated carbocycles. The molecule has 0 spiro atoms. The Kier molecular flexibility index (Phi) is 8.58. The molecule has 1 amide bonds. The molecule has 6 nitrogen and oxygen atoms in total. The highest BCUT2D eigenvalue weighted by Gasteiger charge is 2.25. The van der Waals surface area contributed by atoms with Gasteiger partial charge in [0.25, 0.3) is 15.9 Å². The summed E-state index contributed by atoms with van der Waals surface area (Å²) in [6, 6.07) is 20.5. The molecule has 180 valence electrons. The van der Waals surface area contributed by atoms with Gasteiger partial charge in [0.15, 0.2) is 6.61 Å². The Morgan fingerprint density at radius 1 is 1.00 bits per heavy atom. The van der Waals surface area contributed by atoms with Crippen molar-refractivity contribution < 1.29 is 17.9 Å². The van der Waals surface area contributed by atoms with Crippen LogP contribution in [-0.2, 0) is 21.4 Å². The highest BCUT2D eigenvalue weighted by molar-refractivity contribution is 7.92. The molecule has 0 aromatic heterocycles. The number of benzene rings is 3. The Bertz CT molecular complexity index is 1200. The first kappa shape index (κ1) is 25.6. The van der Waals surface area contributed by atoms with Crippen molar-refractivity contribution >= 4 is 33.2 Å². The number of rotatable bonds is 10. The largest absolute Gasteiger partial charge is 0.484 e. The van der Waals surface area contributed by atoms with E-state index in [1.54, 1.807) is 72.8 Å². The van der Waals surface area contributed by atoms with Crippen molar-refractivity contribution in [1.29, 1.82) is 0 Å². The molecule has 0 fully saturated rings. The van der Waals surface area contributed by atoms with Crippen molar-refractivity contribution in [3.05, 3.63) is 88.9 Å². The monoisotopic (exact) mass is 500 g/mol. The molecule has 0 heterocycles. The average Bonchev–Trinajstić information content (AvgIpc) is 2.83. The van der Waals surface area contributed by atoms with Gasteiger partial charge in [0.2, 0.25) is 0 Å². The number of carbonyl (C=O) groups excluding carboxylic acids is 1. The first-order valence-electron chi connectivity index (χ1n) is 11.0. The second kappa shape index (κ2) is 11.4. The Labute approximate surface area is 206 Å². The van der Waals surface area contributed by atoms with Crippen LogP contribution in [0.15, 0.2) is 77.7 Å². The zero-order valence-corrected chi connectivity index (χ0v) is 21.1. The molecular weight excluding hydrogens is 472 g/mol. The van der Waals surface area contributed by atoms with Crippen LogP contribution in [0.5, 0.6) is 5.75 Å². The Balaban J connectivity index is 1.85. The van der Waals surface area contributed by atoms with Gasteiger partial charge in [-0.15, -0.1) is 0 Å². The predicted octanol–water partition coefficient (Wildman–Crippen LogP) is 5.34. The van der Waals surface area contributed by atoms with Crippen molar-refractivity contribution in [2.45, 2.75) is 44.7 Å². The predicted molar refractivity (Wildman–Crippen MR) is 136 cm³/mol. The molecule has 8 heteroatoms. The number of nitrogens with zero attached hydrogens (tertiary/aromatic N) is 1. The van der Waals surface area contributed by atoms with Crippen molar-refractivity contribution in [2.75, 3.05) is 10.9 Å². The molecule has 0 aliphatic carbocycles. The van der Waals surface area contributed by atoms with Crippen LogP contribution in [0.2, 0.25) is 5.02 Å². The van der Waals surface area contributed by atoms with Crippen LogP contribution >= 0.6 is 11.6 Å². The number of amides is 1. The van der Waals surface area contributed by atoms with E-state index in [1.807, 2.05) is 20.8 Å². The van der Waals surface area contributed by atoms with Gasteiger partial charge in [0.05, 0.1) is 17.1 Å². The van der Waals surface area contributed by atoms with Gasteiger partial charge in [-0.25, -0.2) is 8.42 Å². The van der Waals surface area contributed by atoms with Crippen molar-refractivity contribution in [3.8, 4) is 5.75 Å². The summed E-state index contributed by atoms with van der Waals surface area (Å²) in [6.07, 6.45) is 0.833. The van der Waals surface area contributed by atoms with E-state index in [0.29, 0.717) is 16.5 Å². The minimum absolute atomic E-state index is 0.0758. The lowest BCUT2D eigenvalue weighted by molar-refractivity contribution is -0.123. The Morgan fingerprint density at radius 3 is 2.21 bits per heavy atom. The molecule has 0 unspecified atom stereocenters. The summed E-state index contributed by atoms with van der Waals surface area (Å²) in [7, 11) is -3.84. The first-order valence-corrected chi connectivity index (χ1v) is 12.9. The van der Waals surface area contributed by atoms with E-state index in [4.69, 9.17) is 16.3 Å². The fraction of sp³-hybridized carbons (Fsp3) is 0.269. The third kappa shape index (κ3) is 6.74. The third-order valence-corrected chi connectivity index (χ3v) is 7.40. The third-order valence-electron chi connectivity index (χ3n) is 5.36. The summed E-state index contributed by atoms with van der Waals surface area (Å²) in [5, 5.41) is 3.42. The summed E-state index contributed by atoms with van der Waals surface area (Å²) in [5.74, 6) is 0.270. The average molecular weight is 501 g/mol. The molecule has 0 saturated heterocycles. The summed E-state index contributed by atoms with van der Waals surface area (Å²) in [4.78, 5) is 12.2. The van der Waals surface area contributed by atoms with Gasteiger partial charge in [-0.1, -0.05) is 48.4 Å². The highest BCUT2D eigenvalue weighted by atomic mass is 35.5. The second-order valence-corrected chi connectivity index (χ2v) is 10.4. The lowest BCUT2D eigenvalue weighted by Gasteiger charge is -2.25. The molecule has 3 aromatic rings. The molecule has 1 atom stereocenters. The number of aryl methyl sites for hydroxylation is 1. The molecule has 34 heavy (non-hydrogen) atoms. The lowest BCUT2D eigenvalue weighted by Crippen LogP contribution is -2.35. The number of halogens is 1. The number of carbonyl (C=O) groups is 1. The molecule has 0 bridgehead atoms. The van der Waals surface area contributed by atoms with Crippen molar-refractivity contribution in [3.63, 3.8) is 0 Å². The van der Waals surface area contributed by atoms with Gasteiger partial charge in [-0.3, -0.25) is 9.10 Å². The van der Waals surface area contributed by atoms with Crippen LogP contribution in [0.25, 0.3) is 0 Å². The molecule has 0 aliphatic heterocycles. The van der Waals surface area contributed by atoms with Crippen LogP contribution in [0, 0.1) is 6.92 Å². The van der Waals surface area contributed by atoms with Gasteiger partial charge in [0.1, 0.15) is 5.75 Å². The van der Waals surface area contributed by atoms with Gasteiger partial charge in [-0.05, 0) is 74.4 Å². The Morgan fingerprint density at radius 2 is 1.62 bits per heavy atom. The summed E-state index contributed by atoms with van der Waals surface area (Å²) >= 11 is 6.00. The molecule has 0 radical (unpaired) electrons. The van der Waals surface area contributed by atoms with Crippen LogP contribution in [0.4, 0.5) is 5.69 Å². The number of anilines is 1. The van der Waals surface area contributed by atoms with Gasteiger partial charge < -0.3 is 10.1 Å². The van der Waals surface area contributed by atoms with E-state index in [2.05, 4.69) is 5.32 Å². The minimum Gasteiger partial charge on any atom is -0.484 e. The smallest absolute Gasteiger partial charge is 0.264 e. The number of hydrogen-bond acceptors (Lipinski definition) is 4. The summed E-state index contributed by atoms with van der Waals surface area (Å²) < 4.78 is 34.0. The van der Waals surface area contributed by atoms with E-state index in [-0.39, 0.29) is 30.0 Å². The quantitative estimate of drug-likeness (QED) is 0.408. The maximum atomic E-state index is 13.6. The minimum atomic E-state index is -3.84. The van der Waals surface area contributed by atoms with Crippen LogP contribution in [0.1, 0.15) is 31.4 Å². The lowest BCUT2D eigenvalue weighted by atomic mass is 10.2.